The monoisotopic (exact) mass is 476 g/mol. The SMILES string of the molecule is Oc1c(Nc2ccc(OC(F)F)cc2)cc(-c2ccccc2F)n1-c1ccc(OC(F)F)cc1. The molecule has 0 atom stereocenters. The Morgan fingerprint density at radius 1 is 0.765 bits per heavy atom. The number of aromatic nitrogens is 1. The van der Waals surface area contributed by atoms with E-state index in [0.717, 1.165) is 0 Å². The number of nitrogens with one attached hydrogen (secondary N) is 1. The van der Waals surface area contributed by atoms with E-state index in [-0.39, 0.29) is 34.3 Å². The van der Waals surface area contributed by atoms with E-state index in [1.165, 1.54) is 77.4 Å². The highest BCUT2D eigenvalue weighted by atomic mass is 19.3. The van der Waals surface area contributed by atoms with Crippen LogP contribution in [0.2, 0.25) is 0 Å². The molecule has 0 spiro atoms. The molecule has 0 bridgehead atoms. The van der Waals surface area contributed by atoms with E-state index in [1.54, 1.807) is 6.07 Å². The number of hydrogen-bond acceptors (Lipinski definition) is 4. The van der Waals surface area contributed by atoms with Gasteiger partial charge >= 0.3 is 13.2 Å². The number of hydrogen-bond donors (Lipinski definition) is 2. The summed E-state index contributed by atoms with van der Waals surface area (Å²) in [6, 6.07) is 18.5. The molecule has 0 amide bonds. The van der Waals surface area contributed by atoms with Crippen molar-refractivity contribution >= 4 is 11.4 Å². The third kappa shape index (κ3) is 5.06. The average molecular weight is 476 g/mol. The first kappa shape index (κ1) is 23.0. The van der Waals surface area contributed by atoms with Crippen molar-refractivity contribution in [3.8, 4) is 34.3 Å². The van der Waals surface area contributed by atoms with Crippen LogP contribution in [-0.2, 0) is 0 Å². The highest BCUT2D eigenvalue weighted by Gasteiger charge is 2.20. The third-order valence-corrected chi connectivity index (χ3v) is 4.80. The third-order valence-electron chi connectivity index (χ3n) is 4.80. The van der Waals surface area contributed by atoms with Gasteiger partial charge in [-0.1, -0.05) is 12.1 Å². The van der Waals surface area contributed by atoms with E-state index >= 15 is 0 Å². The summed E-state index contributed by atoms with van der Waals surface area (Å²) in [5.74, 6) is -0.963. The zero-order valence-electron chi connectivity index (χ0n) is 17.3. The van der Waals surface area contributed by atoms with E-state index in [2.05, 4.69) is 14.8 Å². The van der Waals surface area contributed by atoms with Crippen LogP contribution in [0.1, 0.15) is 0 Å². The standard InChI is InChI=1S/C24H17F5N2O3/c25-19-4-2-1-3-18(19)21-13-20(30-14-5-9-16(10-6-14)33-23(26)27)22(32)31(21)15-7-11-17(12-8-15)34-24(28)29/h1-13,23-24,30,32H. The number of benzene rings is 3. The molecule has 2 N–H and O–H groups in total. The predicted molar refractivity (Wildman–Crippen MR) is 116 cm³/mol. The van der Waals surface area contributed by atoms with E-state index < -0.39 is 19.0 Å². The molecule has 5 nitrogen and oxygen atoms in total. The van der Waals surface area contributed by atoms with Crippen molar-refractivity contribution in [2.24, 2.45) is 0 Å². The number of nitrogens with zero attached hydrogens (tertiary/aromatic N) is 1. The molecule has 0 unspecified atom stereocenters. The fraction of sp³-hybridized carbons (Fsp3) is 0.0833. The largest absolute Gasteiger partial charge is 0.493 e. The maximum Gasteiger partial charge on any atom is 0.387 e. The molecule has 34 heavy (non-hydrogen) atoms. The Hall–Kier alpha value is -4.21. The molecule has 3 aromatic carbocycles. The Morgan fingerprint density at radius 2 is 1.32 bits per heavy atom. The molecule has 0 fully saturated rings. The van der Waals surface area contributed by atoms with Gasteiger partial charge in [-0.15, -0.1) is 0 Å². The Bertz CT molecular complexity index is 1260. The summed E-state index contributed by atoms with van der Waals surface area (Å²) in [7, 11) is 0. The lowest BCUT2D eigenvalue weighted by atomic mass is 10.1. The van der Waals surface area contributed by atoms with Crippen LogP contribution in [0.15, 0.2) is 78.9 Å². The van der Waals surface area contributed by atoms with Gasteiger partial charge in [-0.25, -0.2) is 4.39 Å². The summed E-state index contributed by atoms with van der Waals surface area (Å²) in [5.41, 5.74) is 1.44. The van der Waals surface area contributed by atoms with Crippen LogP contribution in [0.3, 0.4) is 0 Å². The van der Waals surface area contributed by atoms with Crippen LogP contribution >= 0.6 is 0 Å². The Morgan fingerprint density at radius 3 is 1.88 bits per heavy atom. The second-order valence-electron chi connectivity index (χ2n) is 6.98. The van der Waals surface area contributed by atoms with Crippen LogP contribution in [-0.4, -0.2) is 22.9 Å². The van der Waals surface area contributed by atoms with E-state index in [4.69, 9.17) is 0 Å². The Balaban J connectivity index is 1.74. The van der Waals surface area contributed by atoms with Crippen molar-refractivity contribution in [1.82, 2.24) is 4.57 Å². The number of rotatable bonds is 8. The average Bonchev–Trinajstić information content (AvgIpc) is 3.11. The molecule has 0 aliphatic heterocycles. The zero-order valence-corrected chi connectivity index (χ0v) is 17.3. The Labute approximate surface area is 190 Å². The van der Waals surface area contributed by atoms with Gasteiger partial charge in [0.05, 0.1) is 5.69 Å². The molecule has 1 heterocycles. The van der Waals surface area contributed by atoms with Crippen molar-refractivity contribution in [3.05, 3.63) is 84.7 Å². The maximum absolute atomic E-state index is 14.6. The lowest BCUT2D eigenvalue weighted by Crippen LogP contribution is -2.02. The van der Waals surface area contributed by atoms with Crippen molar-refractivity contribution in [1.29, 1.82) is 0 Å². The molecule has 0 aliphatic carbocycles. The smallest absolute Gasteiger partial charge is 0.387 e. The van der Waals surface area contributed by atoms with Crippen LogP contribution in [0.5, 0.6) is 17.4 Å². The van der Waals surface area contributed by atoms with Crippen molar-refractivity contribution in [2.75, 3.05) is 5.32 Å². The minimum Gasteiger partial charge on any atom is -0.493 e. The summed E-state index contributed by atoms with van der Waals surface area (Å²) in [5, 5.41) is 13.9. The second-order valence-corrected chi connectivity index (χ2v) is 6.98. The molecule has 0 saturated heterocycles. The summed E-state index contributed by atoms with van der Waals surface area (Å²) in [4.78, 5) is 0. The Kier molecular flexibility index (Phi) is 6.58. The highest BCUT2D eigenvalue weighted by Crippen LogP contribution is 2.40. The molecule has 1 aromatic heterocycles. The minimum absolute atomic E-state index is 0.0412. The van der Waals surface area contributed by atoms with Crippen LogP contribution in [0.4, 0.5) is 33.3 Å². The summed E-state index contributed by atoms with van der Waals surface area (Å²) in [6.45, 7) is -5.95. The van der Waals surface area contributed by atoms with E-state index in [0.29, 0.717) is 11.4 Å². The second kappa shape index (κ2) is 9.74. The number of anilines is 2. The van der Waals surface area contributed by atoms with Gasteiger partial charge in [0, 0.05) is 16.9 Å². The first-order valence-corrected chi connectivity index (χ1v) is 9.88. The molecule has 0 aliphatic rings. The molecule has 176 valence electrons. The van der Waals surface area contributed by atoms with Crippen molar-refractivity contribution in [2.45, 2.75) is 13.2 Å². The predicted octanol–water partition coefficient (Wildman–Crippen LogP) is 6.94. The minimum atomic E-state index is -2.99. The fourth-order valence-corrected chi connectivity index (χ4v) is 3.37. The quantitative estimate of drug-likeness (QED) is 0.271. The van der Waals surface area contributed by atoms with Crippen LogP contribution in [0.25, 0.3) is 16.9 Å². The lowest BCUT2D eigenvalue weighted by Gasteiger charge is -2.13. The molecule has 0 radical (unpaired) electrons. The summed E-state index contributed by atoms with van der Waals surface area (Å²) < 4.78 is 74.3. The fourth-order valence-electron chi connectivity index (χ4n) is 3.37. The lowest BCUT2D eigenvalue weighted by molar-refractivity contribution is -0.0505. The maximum atomic E-state index is 14.6. The topological polar surface area (TPSA) is 55.6 Å². The van der Waals surface area contributed by atoms with Gasteiger partial charge in [0.15, 0.2) is 0 Å². The number of aromatic hydroxyl groups is 1. The van der Waals surface area contributed by atoms with Gasteiger partial charge in [-0.3, -0.25) is 4.57 Å². The van der Waals surface area contributed by atoms with Gasteiger partial charge in [0.25, 0.3) is 0 Å². The molecular weight excluding hydrogens is 459 g/mol. The van der Waals surface area contributed by atoms with Crippen LogP contribution in [0, 0.1) is 5.82 Å². The van der Waals surface area contributed by atoms with Gasteiger partial charge in [0.1, 0.15) is 23.0 Å². The van der Waals surface area contributed by atoms with Crippen LogP contribution < -0.4 is 14.8 Å². The first-order chi connectivity index (χ1) is 16.3. The van der Waals surface area contributed by atoms with Crippen molar-refractivity contribution < 1.29 is 36.5 Å². The molecule has 10 heteroatoms. The van der Waals surface area contributed by atoms with Gasteiger partial charge < -0.3 is 19.9 Å². The van der Waals surface area contributed by atoms with Crippen molar-refractivity contribution in [3.63, 3.8) is 0 Å². The molecule has 4 aromatic rings. The van der Waals surface area contributed by atoms with E-state index in [1.807, 2.05) is 0 Å². The zero-order chi connectivity index (χ0) is 24.2. The number of halogens is 5. The highest BCUT2D eigenvalue weighted by molar-refractivity contribution is 5.77. The number of alkyl halides is 4. The van der Waals surface area contributed by atoms with Gasteiger partial charge in [-0.05, 0) is 66.7 Å². The normalized spacial score (nSPS) is 11.1. The summed E-state index contributed by atoms with van der Waals surface area (Å²) >= 11 is 0. The van der Waals surface area contributed by atoms with E-state index in [9.17, 15) is 27.1 Å². The van der Waals surface area contributed by atoms with Gasteiger partial charge in [0.2, 0.25) is 5.88 Å². The molecular formula is C24H17F5N2O3. The molecule has 4 rings (SSSR count). The summed E-state index contributed by atoms with van der Waals surface area (Å²) in [6.07, 6.45) is 0. The first-order valence-electron chi connectivity index (χ1n) is 9.88. The molecule has 0 saturated carbocycles. The van der Waals surface area contributed by atoms with Gasteiger partial charge in [-0.2, -0.15) is 17.6 Å². The number of ether oxygens (including phenoxy) is 2.